The van der Waals surface area contributed by atoms with Crippen LogP contribution in [0, 0.1) is 5.92 Å². The summed E-state index contributed by atoms with van der Waals surface area (Å²) in [5.74, 6) is 1.71. The third kappa shape index (κ3) is 3.23. The van der Waals surface area contributed by atoms with Gasteiger partial charge < -0.3 is 5.32 Å². The average molecular weight is 292 g/mol. The summed E-state index contributed by atoms with van der Waals surface area (Å²) in [6.45, 7) is 4.97. The lowest BCUT2D eigenvalue weighted by atomic mass is 9.99. The molecule has 0 aromatic carbocycles. The molecule has 1 N–H and O–H groups in total. The Kier molecular flexibility index (Phi) is 4.78. The lowest BCUT2D eigenvalue weighted by molar-refractivity contribution is 0.351. The van der Waals surface area contributed by atoms with Crippen LogP contribution in [0.2, 0.25) is 0 Å². The second-order valence-electron chi connectivity index (χ2n) is 6.57. The van der Waals surface area contributed by atoms with Gasteiger partial charge in [0.25, 0.3) is 0 Å². The molecule has 5 heteroatoms. The van der Waals surface area contributed by atoms with Crippen molar-refractivity contribution in [1.82, 2.24) is 19.7 Å². The van der Waals surface area contributed by atoms with E-state index < -0.39 is 0 Å². The summed E-state index contributed by atoms with van der Waals surface area (Å²) in [6.07, 6.45) is 9.43. The average Bonchev–Trinajstić information content (AvgIpc) is 3.08. The fraction of sp³-hybridized carbons (Fsp3) is 0.875. The van der Waals surface area contributed by atoms with Crippen molar-refractivity contribution in [2.75, 3.05) is 6.54 Å². The van der Waals surface area contributed by atoms with Crippen LogP contribution in [0.25, 0.3) is 0 Å². The monoisotopic (exact) mass is 292 g/mol. The largest absolute Gasteiger partial charge is 0.345 e. The molecule has 0 spiro atoms. The molecule has 5 nitrogen and oxygen atoms in total. The Morgan fingerprint density at radius 3 is 3.00 bits per heavy atom. The van der Waals surface area contributed by atoms with E-state index in [4.69, 9.17) is 0 Å². The Morgan fingerprint density at radius 1 is 1.29 bits per heavy atom. The first-order valence-corrected chi connectivity index (χ1v) is 8.69. The first-order valence-electron chi connectivity index (χ1n) is 8.69. The van der Waals surface area contributed by atoms with E-state index in [1.807, 2.05) is 4.57 Å². The van der Waals surface area contributed by atoms with Crippen molar-refractivity contribution >= 4 is 0 Å². The quantitative estimate of drug-likeness (QED) is 0.872. The molecule has 0 amide bonds. The summed E-state index contributed by atoms with van der Waals surface area (Å²) in [6, 6.07) is 0.651. The zero-order chi connectivity index (χ0) is 14.7. The molecule has 1 aromatic rings. The van der Waals surface area contributed by atoms with E-state index in [2.05, 4.69) is 17.3 Å². The predicted molar refractivity (Wildman–Crippen MR) is 83.5 cm³/mol. The van der Waals surface area contributed by atoms with Gasteiger partial charge in [0.1, 0.15) is 5.82 Å². The van der Waals surface area contributed by atoms with Crippen LogP contribution in [0.4, 0.5) is 0 Å². The number of fused-ring (bicyclic) bond motifs is 1. The highest BCUT2D eigenvalue weighted by Crippen LogP contribution is 2.28. The molecule has 0 radical (unpaired) electrons. The molecule has 2 heterocycles. The van der Waals surface area contributed by atoms with Crippen LogP contribution in [0.5, 0.6) is 0 Å². The number of nitrogens with zero attached hydrogens (tertiary/aromatic N) is 3. The molecule has 1 saturated carbocycles. The van der Waals surface area contributed by atoms with E-state index in [1.54, 1.807) is 4.68 Å². The number of hydrogen-bond acceptors (Lipinski definition) is 3. The number of hydrogen-bond donors (Lipinski definition) is 1. The van der Waals surface area contributed by atoms with Gasteiger partial charge in [0.15, 0.2) is 0 Å². The number of rotatable bonds is 6. The van der Waals surface area contributed by atoms with Crippen LogP contribution in [-0.4, -0.2) is 26.9 Å². The minimum absolute atomic E-state index is 0.112. The molecule has 1 fully saturated rings. The molecule has 3 rings (SSSR count). The highest BCUT2D eigenvalue weighted by Gasteiger charge is 2.27. The summed E-state index contributed by atoms with van der Waals surface area (Å²) in [7, 11) is 0. The van der Waals surface area contributed by atoms with Crippen LogP contribution in [-0.2, 0) is 19.5 Å². The summed E-state index contributed by atoms with van der Waals surface area (Å²) in [4.78, 5) is 12.3. The fourth-order valence-electron chi connectivity index (χ4n) is 3.86. The van der Waals surface area contributed by atoms with Crippen molar-refractivity contribution in [3.63, 3.8) is 0 Å². The van der Waals surface area contributed by atoms with Crippen molar-refractivity contribution in [3.05, 3.63) is 16.3 Å². The molecule has 2 atom stereocenters. The molecule has 2 aliphatic rings. The van der Waals surface area contributed by atoms with E-state index in [-0.39, 0.29) is 5.69 Å². The number of aromatic nitrogens is 3. The van der Waals surface area contributed by atoms with Gasteiger partial charge in [0.05, 0.1) is 0 Å². The standard InChI is InChI=1S/C16H28N4O/c1-2-10-17-14-7-5-6-13(14)9-12-20-16(21)19-11-4-3-8-15(19)18-20/h13-14,17H,2-12H2,1H3. The van der Waals surface area contributed by atoms with Gasteiger partial charge in [-0.3, -0.25) is 4.57 Å². The third-order valence-electron chi connectivity index (χ3n) is 5.06. The Morgan fingerprint density at radius 2 is 2.19 bits per heavy atom. The van der Waals surface area contributed by atoms with Crippen LogP contribution >= 0.6 is 0 Å². The fourth-order valence-corrected chi connectivity index (χ4v) is 3.86. The van der Waals surface area contributed by atoms with Crippen molar-refractivity contribution in [2.45, 2.75) is 77.4 Å². The maximum Gasteiger partial charge on any atom is 0.345 e. The van der Waals surface area contributed by atoms with E-state index in [1.165, 1.54) is 32.1 Å². The molecule has 118 valence electrons. The molecule has 1 aliphatic carbocycles. The Bertz CT molecular complexity index is 519. The molecule has 21 heavy (non-hydrogen) atoms. The topological polar surface area (TPSA) is 51.9 Å². The molecule has 0 saturated heterocycles. The van der Waals surface area contributed by atoms with Crippen LogP contribution in [0.3, 0.4) is 0 Å². The Balaban J connectivity index is 1.60. The molecule has 2 unspecified atom stereocenters. The molecule has 0 bridgehead atoms. The van der Waals surface area contributed by atoms with Gasteiger partial charge in [-0.2, -0.15) is 5.10 Å². The van der Waals surface area contributed by atoms with E-state index in [0.29, 0.717) is 12.0 Å². The van der Waals surface area contributed by atoms with Crippen molar-refractivity contribution in [3.8, 4) is 0 Å². The highest BCUT2D eigenvalue weighted by atomic mass is 16.2. The number of nitrogens with one attached hydrogen (secondary N) is 1. The lowest BCUT2D eigenvalue weighted by Gasteiger charge is -2.20. The van der Waals surface area contributed by atoms with Crippen LogP contribution in [0.1, 0.15) is 57.7 Å². The first-order chi connectivity index (χ1) is 10.3. The molecular formula is C16H28N4O. The van der Waals surface area contributed by atoms with Crippen LogP contribution < -0.4 is 11.0 Å². The Hall–Kier alpha value is -1.10. The van der Waals surface area contributed by atoms with E-state index in [9.17, 15) is 4.79 Å². The second kappa shape index (κ2) is 6.77. The smallest absolute Gasteiger partial charge is 0.314 e. The summed E-state index contributed by atoms with van der Waals surface area (Å²) in [5, 5.41) is 8.21. The Labute approximate surface area is 126 Å². The van der Waals surface area contributed by atoms with Gasteiger partial charge in [-0.25, -0.2) is 9.48 Å². The SMILES string of the molecule is CCCNC1CCCC1CCn1nc2n(c1=O)CCCC2. The van der Waals surface area contributed by atoms with E-state index in [0.717, 1.165) is 44.7 Å². The van der Waals surface area contributed by atoms with Gasteiger partial charge in [-0.05, 0) is 51.0 Å². The maximum absolute atomic E-state index is 12.3. The minimum atomic E-state index is 0.112. The normalized spacial score (nSPS) is 25.2. The minimum Gasteiger partial charge on any atom is -0.314 e. The number of aryl methyl sites for hydroxylation is 2. The van der Waals surface area contributed by atoms with Crippen molar-refractivity contribution < 1.29 is 0 Å². The second-order valence-corrected chi connectivity index (χ2v) is 6.57. The predicted octanol–water partition coefficient (Wildman–Crippen LogP) is 1.94. The molecular weight excluding hydrogens is 264 g/mol. The zero-order valence-electron chi connectivity index (χ0n) is 13.2. The summed E-state index contributed by atoms with van der Waals surface area (Å²) >= 11 is 0. The summed E-state index contributed by atoms with van der Waals surface area (Å²) in [5.41, 5.74) is 0.112. The zero-order valence-corrected chi connectivity index (χ0v) is 13.2. The van der Waals surface area contributed by atoms with Gasteiger partial charge in [0.2, 0.25) is 0 Å². The van der Waals surface area contributed by atoms with Gasteiger partial charge >= 0.3 is 5.69 Å². The van der Waals surface area contributed by atoms with Gasteiger partial charge in [0, 0.05) is 25.6 Å². The highest BCUT2D eigenvalue weighted by molar-refractivity contribution is 4.91. The molecule has 1 aromatic heterocycles. The van der Waals surface area contributed by atoms with Crippen LogP contribution in [0.15, 0.2) is 4.79 Å². The molecule has 1 aliphatic heterocycles. The van der Waals surface area contributed by atoms with Crippen molar-refractivity contribution in [2.24, 2.45) is 5.92 Å². The van der Waals surface area contributed by atoms with Crippen molar-refractivity contribution in [1.29, 1.82) is 0 Å². The third-order valence-corrected chi connectivity index (χ3v) is 5.06. The van der Waals surface area contributed by atoms with E-state index >= 15 is 0 Å². The maximum atomic E-state index is 12.3. The lowest BCUT2D eigenvalue weighted by Crippen LogP contribution is -2.34. The summed E-state index contributed by atoms with van der Waals surface area (Å²) < 4.78 is 3.60. The van der Waals surface area contributed by atoms with Gasteiger partial charge in [-0.1, -0.05) is 13.3 Å². The van der Waals surface area contributed by atoms with Gasteiger partial charge in [-0.15, -0.1) is 0 Å². The first kappa shape index (κ1) is 14.8.